The van der Waals surface area contributed by atoms with Gasteiger partial charge < -0.3 is 0 Å². The van der Waals surface area contributed by atoms with E-state index < -0.39 is 20.3 Å². The van der Waals surface area contributed by atoms with Gasteiger partial charge in [-0.15, -0.1) is 0 Å². The van der Waals surface area contributed by atoms with Gasteiger partial charge >= 0.3 is 114 Å². The third-order valence-corrected chi connectivity index (χ3v) is 8.56. The van der Waals surface area contributed by atoms with E-state index in [4.69, 9.17) is 21.4 Å². The molecule has 1 rings (SSSR count). The van der Waals surface area contributed by atoms with E-state index in [0.29, 0.717) is 0 Å². The standard InChI is InChI=1S/C12H17O.2ClH.Tl/c1-3-4-10-13-11(2)12-8-6-5-7-9-12;;;/h5-9,11H,2-4,10H2,1H3;2*1H;/q;;;+2/p-2. The second-order valence-corrected chi connectivity index (χ2v) is 19.8. The summed E-state index contributed by atoms with van der Waals surface area (Å²) in [7, 11) is 12.1. The average Bonchev–Trinajstić information content (AvgIpc) is 2.29. The summed E-state index contributed by atoms with van der Waals surface area (Å²) in [5, 5.41) is 0. The van der Waals surface area contributed by atoms with E-state index in [2.05, 4.69) is 19.1 Å². The van der Waals surface area contributed by atoms with Crippen molar-refractivity contribution in [2.45, 2.75) is 29.8 Å². The zero-order chi connectivity index (χ0) is 11.8. The Balaban J connectivity index is 2.56. The van der Waals surface area contributed by atoms with Crippen molar-refractivity contribution >= 4 is 36.9 Å². The Hall–Kier alpha value is 0.682. The number of unbranched alkanes of at least 4 members (excludes halogenated alkanes) is 1. The molecule has 0 saturated heterocycles. The van der Waals surface area contributed by atoms with Crippen LogP contribution < -0.4 is 0 Å². The van der Waals surface area contributed by atoms with Gasteiger partial charge in [-0.3, -0.25) is 0 Å². The fourth-order valence-electron chi connectivity index (χ4n) is 1.50. The molecule has 1 aromatic rings. The first-order valence-corrected chi connectivity index (χ1v) is 19.9. The number of hydrogen-bond donors (Lipinski definition) is 0. The molecule has 0 aliphatic carbocycles. The molecule has 88 valence electrons. The number of hydrogen-bond acceptors (Lipinski definition) is 1. The van der Waals surface area contributed by atoms with E-state index >= 15 is 0 Å². The molecule has 1 atom stereocenters. The van der Waals surface area contributed by atoms with Crippen LogP contribution in [-0.2, 0) is 4.74 Å². The molecule has 0 bridgehead atoms. The maximum absolute atomic E-state index is 6.04. The Bertz CT molecular complexity index is 280. The van der Waals surface area contributed by atoms with Crippen molar-refractivity contribution in [1.82, 2.24) is 0 Å². The summed E-state index contributed by atoms with van der Waals surface area (Å²) in [5.74, 6) is 0. The van der Waals surface area contributed by atoms with E-state index in [1.807, 2.05) is 18.2 Å². The van der Waals surface area contributed by atoms with Crippen LogP contribution in [0, 0.1) is 0 Å². The molecular weight excluding hydrogens is 435 g/mol. The van der Waals surface area contributed by atoms with E-state index in [-0.39, 0.29) is 6.10 Å². The topological polar surface area (TPSA) is 9.23 Å². The maximum atomic E-state index is 6.04. The summed E-state index contributed by atoms with van der Waals surface area (Å²) in [6.07, 6.45) is 2.35. The molecule has 0 saturated carbocycles. The number of benzene rings is 1. The minimum atomic E-state index is -2.38. The van der Waals surface area contributed by atoms with Crippen LogP contribution in [0.4, 0.5) is 0 Å². The van der Waals surface area contributed by atoms with E-state index in [1.54, 1.807) is 0 Å². The molecule has 0 radical (unpaired) electrons. The van der Waals surface area contributed by atoms with Crippen LogP contribution in [0.5, 0.6) is 0 Å². The molecule has 0 amide bonds. The monoisotopic (exact) mass is 452 g/mol. The van der Waals surface area contributed by atoms with E-state index in [1.165, 1.54) is 5.56 Å². The summed E-state index contributed by atoms with van der Waals surface area (Å²) in [5.41, 5.74) is 1.20. The van der Waals surface area contributed by atoms with Crippen molar-refractivity contribution in [1.29, 1.82) is 0 Å². The van der Waals surface area contributed by atoms with Gasteiger partial charge in [0.1, 0.15) is 0 Å². The molecule has 0 aliphatic rings. The first-order chi connectivity index (χ1) is 7.74. The van der Waals surface area contributed by atoms with Gasteiger partial charge in [0.25, 0.3) is 0 Å². The number of ether oxygens (including phenoxy) is 1. The van der Waals surface area contributed by atoms with Crippen LogP contribution >= 0.6 is 16.6 Å². The van der Waals surface area contributed by atoms with Crippen molar-refractivity contribution in [3.05, 3.63) is 35.9 Å². The normalized spacial score (nSPS) is 12.4. The van der Waals surface area contributed by atoms with Crippen LogP contribution in [-0.4, -0.2) is 26.9 Å². The number of rotatable bonds is 7. The summed E-state index contributed by atoms with van der Waals surface area (Å²) >= 11 is -2.38. The molecule has 0 N–H and O–H groups in total. The molecule has 0 heterocycles. The fourth-order valence-corrected chi connectivity index (χ4v) is 7.19. The van der Waals surface area contributed by atoms with Gasteiger partial charge in [-0.1, -0.05) is 0 Å². The molecule has 16 heavy (non-hydrogen) atoms. The summed E-state index contributed by atoms with van der Waals surface area (Å²) in [6, 6.07) is 10.2. The van der Waals surface area contributed by atoms with Gasteiger partial charge in [0.2, 0.25) is 0 Å². The molecule has 0 aliphatic heterocycles. The van der Waals surface area contributed by atoms with Crippen LogP contribution in [0.3, 0.4) is 0 Å². The Morgan fingerprint density at radius 2 is 1.94 bits per heavy atom. The Kier molecular flexibility index (Phi) is 8.04. The van der Waals surface area contributed by atoms with Crippen molar-refractivity contribution in [3.8, 4) is 0 Å². The van der Waals surface area contributed by atoms with Crippen molar-refractivity contribution in [2.75, 3.05) is 6.61 Å². The second kappa shape index (κ2) is 8.73. The molecular formula is C12H17Cl2OTl. The van der Waals surface area contributed by atoms with Crippen LogP contribution in [0.1, 0.15) is 31.4 Å². The average molecular weight is 453 g/mol. The van der Waals surface area contributed by atoms with E-state index in [0.717, 1.165) is 23.4 Å². The minimum absolute atomic E-state index is 0.106. The van der Waals surface area contributed by atoms with Crippen LogP contribution in [0.25, 0.3) is 0 Å². The van der Waals surface area contributed by atoms with Gasteiger partial charge in [-0.05, 0) is 0 Å². The second-order valence-electron chi connectivity index (χ2n) is 3.75. The van der Waals surface area contributed by atoms with Crippen molar-refractivity contribution < 1.29 is 4.74 Å². The Labute approximate surface area is 113 Å². The Morgan fingerprint density at radius 1 is 1.25 bits per heavy atom. The third-order valence-electron chi connectivity index (χ3n) is 2.38. The van der Waals surface area contributed by atoms with Gasteiger partial charge in [-0.2, -0.15) is 0 Å². The Morgan fingerprint density at radius 3 is 2.50 bits per heavy atom. The first kappa shape index (κ1) is 14.7. The fraction of sp³-hybridized carbons (Fsp3) is 0.500. The van der Waals surface area contributed by atoms with Crippen molar-refractivity contribution in [3.63, 3.8) is 0 Å². The predicted molar refractivity (Wildman–Crippen MR) is 72.3 cm³/mol. The van der Waals surface area contributed by atoms with Crippen LogP contribution in [0.2, 0.25) is 3.98 Å². The zero-order valence-corrected chi connectivity index (χ0v) is 15.5. The summed E-state index contributed by atoms with van der Waals surface area (Å²) in [4.78, 5) is 0. The number of halogens is 2. The molecule has 1 nitrogen and oxygen atoms in total. The summed E-state index contributed by atoms with van der Waals surface area (Å²) in [6.45, 7) is 2.96. The first-order valence-electron chi connectivity index (χ1n) is 5.68. The predicted octanol–water partition coefficient (Wildman–Crippen LogP) is 4.51. The molecule has 4 heteroatoms. The molecule has 0 aromatic heterocycles. The van der Waals surface area contributed by atoms with E-state index in [9.17, 15) is 0 Å². The van der Waals surface area contributed by atoms with Gasteiger partial charge in [0.05, 0.1) is 0 Å². The summed E-state index contributed by atoms with van der Waals surface area (Å²) < 4.78 is 6.72. The van der Waals surface area contributed by atoms with Gasteiger partial charge in [-0.25, -0.2) is 0 Å². The van der Waals surface area contributed by atoms with Crippen LogP contribution in [0.15, 0.2) is 30.3 Å². The van der Waals surface area contributed by atoms with Crippen molar-refractivity contribution in [2.24, 2.45) is 0 Å². The van der Waals surface area contributed by atoms with Gasteiger partial charge in [0.15, 0.2) is 0 Å². The third kappa shape index (κ3) is 5.85. The molecule has 1 aromatic carbocycles. The van der Waals surface area contributed by atoms with Gasteiger partial charge in [0, 0.05) is 0 Å². The zero-order valence-electron chi connectivity index (χ0n) is 9.53. The molecule has 1 unspecified atom stereocenters. The molecule has 0 spiro atoms. The quantitative estimate of drug-likeness (QED) is 0.437. The molecule has 0 fully saturated rings. The SMILES string of the molecule is CCCCOC([CH2][Tl]([Cl])[Cl])c1ccccc1.